The molecule has 104 valence electrons. The van der Waals surface area contributed by atoms with Crippen molar-refractivity contribution in [2.24, 2.45) is 0 Å². The second-order valence-electron chi connectivity index (χ2n) is 3.89. The van der Waals surface area contributed by atoms with Crippen molar-refractivity contribution in [1.29, 1.82) is 0 Å². The molecule has 0 saturated carbocycles. The van der Waals surface area contributed by atoms with E-state index in [9.17, 15) is 23.1 Å². The number of halogens is 3. The molecule has 0 spiro atoms. The van der Waals surface area contributed by atoms with Crippen LogP contribution in [0.4, 0.5) is 18.9 Å². The highest BCUT2D eigenvalue weighted by atomic mass is 19.4. The molecular formula is C13H9F3N2O2. The van der Waals surface area contributed by atoms with E-state index in [1.807, 2.05) is 0 Å². The minimum Gasteiger partial charge on any atom is -0.505 e. The van der Waals surface area contributed by atoms with Crippen molar-refractivity contribution < 1.29 is 23.1 Å². The van der Waals surface area contributed by atoms with Gasteiger partial charge >= 0.3 is 6.18 Å². The molecule has 0 aliphatic rings. The van der Waals surface area contributed by atoms with Crippen molar-refractivity contribution in [2.45, 2.75) is 6.18 Å². The SMILES string of the molecule is O=C(Nc1ccccc1C(F)(F)F)c1ccncc1O. The average molecular weight is 282 g/mol. The summed E-state index contributed by atoms with van der Waals surface area (Å²) in [6, 6.07) is 5.81. The number of pyridine rings is 1. The molecule has 1 amide bonds. The Morgan fingerprint density at radius 3 is 2.55 bits per heavy atom. The van der Waals surface area contributed by atoms with Crippen LogP contribution >= 0.6 is 0 Å². The van der Waals surface area contributed by atoms with E-state index in [-0.39, 0.29) is 11.3 Å². The normalized spacial score (nSPS) is 11.2. The molecule has 0 radical (unpaired) electrons. The number of benzene rings is 1. The lowest BCUT2D eigenvalue weighted by atomic mass is 10.1. The van der Waals surface area contributed by atoms with Crippen LogP contribution in [0, 0.1) is 0 Å². The average Bonchev–Trinajstić information content (AvgIpc) is 2.38. The predicted octanol–water partition coefficient (Wildman–Crippen LogP) is 3.06. The number of carbonyl (C=O) groups is 1. The van der Waals surface area contributed by atoms with E-state index in [1.54, 1.807) is 0 Å². The van der Waals surface area contributed by atoms with Crippen molar-refractivity contribution in [3.8, 4) is 5.75 Å². The second kappa shape index (κ2) is 5.20. The van der Waals surface area contributed by atoms with Crippen LogP contribution in [0.2, 0.25) is 0 Å². The summed E-state index contributed by atoms with van der Waals surface area (Å²) in [7, 11) is 0. The lowest BCUT2D eigenvalue weighted by Crippen LogP contribution is -2.16. The van der Waals surface area contributed by atoms with E-state index >= 15 is 0 Å². The lowest BCUT2D eigenvalue weighted by molar-refractivity contribution is -0.136. The third-order valence-corrected chi connectivity index (χ3v) is 2.53. The molecule has 2 N–H and O–H groups in total. The van der Waals surface area contributed by atoms with Gasteiger partial charge in [-0.15, -0.1) is 0 Å². The number of hydrogen-bond donors (Lipinski definition) is 2. The van der Waals surface area contributed by atoms with Crippen LogP contribution in [0.1, 0.15) is 15.9 Å². The molecule has 0 saturated heterocycles. The van der Waals surface area contributed by atoms with E-state index in [0.29, 0.717) is 0 Å². The first-order chi connectivity index (χ1) is 9.39. The van der Waals surface area contributed by atoms with E-state index in [1.165, 1.54) is 24.4 Å². The quantitative estimate of drug-likeness (QED) is 0.889. The summed E-state index contributed by atoms with van der Waals surface area (Å²) >= 11 is 0. The summed E-state index contributed by atoms with van der Waals surface area (Å²) in [6.07, 6.45) is -2.29. The topological polar surface area (TPSA) is 62.2 Å². The van der Waals surface area contributed by atoms with Gasteiger partial charge in [0.2, 0.25) is 0 Å². The third kappa shape index (κ3) is 2.87. The first kappa shape index (κ1) is 13.9. The number of rotatable bonds is 2. The minimum atomic E-state index is -4.58. The molecule has 0 unspecified atom stereocenters. The molecule has 1 aromatic heterocycles. The van der Waals surface area contributed by atoms with Gasteiger partial charge in [0.15, 0.2) is 0 Å². The number of alkyl halides is 3. The van der Waals surface area contributed by atoms with Crippen LogP contribution in [0.3, 0.4) is 0 Å². The molecule has 1 heterocycles. The Bertz CT molecular complexity index is 642. The van der Waals surface area contributed by atoms with Crippen LogP contribution < -0.4 is 5.32 Å². The highest BCUT2D eigenvalue weighted by Crippen LogP contribution is 2.34. The Kier molecular flexibility index (Phi) is 3.60. The van der Waals surface area contributed by atoms with Gasteiger partial charge in [0.25, 0.3) is 5.91 Å². The number of hydrogen-bond acceptors (Lipinski definition) is 3. The van der Waals surface area contributed by atoms with Gasteiger partial charge in [0.05, 0.1) is 23.0 Å². The molecule has 0 fully saturated rings. The summed E-state index contributed by atoms with van der Waals surface area (Å²) < 4.78 is 38.3. The molecule has 20 heavy (non-hydrogen) atoms. The fourth-order valence-electron chi connectivity index (χ4n) is 1.61. The maximum absolute atomic E-state index is 12.8. The molecule has 1 aromatic carbocycles. The van der Waals surface area contributed by atoms with Gasteiger partial charge in [-0.3, -0.25) is 9.78 Å². The monoisotopic (exact) mass is 282 g/mol. The second-order valence-corrected chi connectivity index (χ2v) is 3.89. The number of anilines is 1. The van der Waals surface area contributed by atoms with Crippen LogP contribution in [-0.2, 0) is 6.18 Å². The number of aromatic hydroxyl groups is 1. The van der Waals surface area contributed by atoms with Crippen molar-refractivity contribution >= 4 is 11.6 Å². The number of nitrogens with one attached hydrogen (secondary N) is 1. The van der Waals surface area contributed by atoms with E-state index in [2.05, 4.69) is 10.3 Å². The Morgan fingerprint density at radius 1 is 1.20 bits per heavy atom. The van der Waals surface area contributed by atoms with Crippen molar-refractivity contribution in [3.63, 3.8) is 0 Å². The van der Waals surface area contributed by atoms with Crippen LogP contribution in [0.15, 0.2) is 42.7 Å². The molecular weight excluding hydrogens is 273 g/mol. The highest BCUT2D eigenvalue weighted by molar-refractivity contribution is 6.06. The fourth-order valence-corrected chi connectivity index (χ4v) is 1.61. The Balaban J connectivity index is 2.32. The summed E-state index contributed by atoms with van der Waals surface area (Å²) in [6.45, 7) is 0. The standard InChI is InChI=1S/C13H9F3N2O2/c14-13(15,16)9-3-1-2-4-10(9)18-12(20)8-5-6-17-7-11(8)19/h1-7,19H,(H,18,20). The fraction of sp³-hybridized carbons (Fsp3) is 0.0769. The maximum atomic E-state index is 12.8. The number of aromatic nitrogens is 1. The summed E-state index contributed by atoms with van der Waals surface area (Å²) in [5.41, 5.74) is -1.49. The third-order valence-electron chi connectivity index (χ3n) is 2.53. The maximum Gasteiger partial charge on any atom is 0.418 e. The summed E-state index contributed by atoms with van der Waals surface area (Å²) in [5.74, 6) is -1.25. The minimum absolute atomic E-state index is 0.156. The smallest absolute Gasteiger partial charge is 0.418 e. The van der Waals surface area contributed by atoms with Crippen LogP contribution in [0.5, 0.6) is 5.75 Å². The first-order valence-electron chi connectivity index (χ1n) is 5.50. The lowest BCUT2D eigenvalue weighted by Gasteiger charge is -2.13. The Morgan fingerprint density at radius 2 is 1.90 bits per heavy atom. The zero-order valence-electron chi connectivity index (χ0n) is 9.98. The first-order valence-corrected chi connectivity index (χ1v) is 5.50. The van der Waals surface area contributed by atoms with Gasteiger partial charge in [-0.2, -0.15) is 13.2 Å². The molecule has 2 aromatic rings. The molecule has 7 heteroatoms. The number of carbonyl (C=O) groups excluding carboxylic acids is 1. The van der Waals surface area contributed by atoms with Gasteiger partial charge < -0.3 is 10.4 Å². The number of para-hydroxylation sites is 1. The van der Waals surface area contributed by atoms with E-state index in [4.69, 9.17) is 0 Å². The van der Waals surface area contributed by atoms with E-state index < -0.39 is 23.4 Å². The van der Waals surface area contributed by atoms with Gasteiger partial charge in [-0.25, -0.2) is 0 Å². The molecule has 0 aliphatic heterocycles. The van der Waals surface area contributed by atoms with Crippen molar-refractivity contribution in [2.75, 3.05) is 5.32 Å². The van der Waals surface area contributed by atoms with Gasteiger partial charge in [-0.05, 0) is 18.2 Å². The predicted molar refractivity (Wildman–Crippen MR) is 65.3 cm³/mol. The number of nitrogens with zero attached hydrogens (tertiary/aromatic N) is 1. The van der Waals surface area contributed by atoms with Crippen LogP contribution in [0.25, 0.3) is 0 Å². The summed E-state index contributed by atoms with van der Waals surface area (Å²) in [5, 5.41) is 11.6. The highest BCUT2D eigenvalue weighted by Gasteiger charge is 2.33. The van der Waals surface area contributed by atoms with Gasteiger partial charge in [0.1, 0.15) is 5.75 Å². The zero-order chi connectivity index (χ0) is 14.8. The van der Waals surface area contributed by atoms with Crippen molar-refractivity contribution in [1.82, 2.24) is 4.98 Å². The molecule has 0 aliphatic carbocycles. The Labute approximate surface area is 111 Å². The number of amides is 1. The molecule has 2 rings (SSSR count). The molecule has 0 bridgehead atoms. The van der Waals surface area contributed by atoms with Gasteiger partial charge in [0, 0.05) is 6.20 Å². The summed E-state index contributed by atoms with van der Waals surface area (Å²) in [4.78, 5) is 15.4. The van der Waals surface area contributed by atoms with E-state index in [0.717, 1.165) is 18.3 Å². The Hall–Kier alpha value is -2.57. The zero-order valence-corrected chi connectivity index (χ0v) is 9.98. The van der Waals surface area contributed by atoms with Crippen LogP contribution in [-0.4, -0.2) is 16.0 Å². The molecule has 0 atom stereocenters. The molecule has 4 nitrogen and oxygen atoms in total. The largest absolute Gasteiger partial charge is 0.505 e. The van der Waals surface area contributed by atoms with Gasteiger partial charge in [-0.1, -0.05) is 12.1 Å². The van der Waals surface area contributed by atoms with Crippen molar-refractivity contribution in [3.05, 3.63) is 53.9 Å².